The van der Waals surface area contributed by atoms with Crippen molar-refractivity contribution in [2.45, 2.75) is 39.8 Å². The van der Waals surface area contributed by atoms with Crippen LogP contribution in [0.15, 0.2) is 24.4 Å². The van der Waals surface area contributed by atoms with Gasteiger partial charge >= 0.3 is 0 Å². The van der Waals surface area contributed by atoms with E-state index in [4.69, 9.17) is 0 Å². The highest BCUT2D eigenvalue weighted by atomic mass is 19.2. The number of rotatable bonds is 7. The summed E-state index contributed by atoms with van der Waals surface area (Å²) in [6.45, 7) is 4.37. The minimum atomic E-state index is -1.70. The van der Waals surface area contributed by atoms with Gasteiger partial charge in [0.15, 0.2) is 28.9 Å². The van der Waals surface area contributed by atoms with Crippen molar-refractivity contribution in [2.24, 2.45) is 11.8 Å². The predicted octanol–water partition coefficient (Wildman–Crippen LogP) is 4.70. The lowest BCUT2D eigenvalue weighted by molar-refractivity contribution is 0.0703. The molecule has 0 radical (unpaired) electrons. The molecule has 1 amide bonds. The molecule has 0 N–H and O–H groups in total. The van der Waals surface area contributed by atoms with Gasteiger partial charge in [0.05, 0.1) is 6.54 Å². The number of pyridine rings is 1. The van der Waals surface area contributed by atoms with Gasteiger partial charge in [0.2, 0.25) is 0 Å². The van der Waals surface area contributed by atoms with E-state index in [0.717, 1.165) is 12.8 Å². The molecule has 2 heterocycles. The third-order valence-corrected chi connectivity index (χ3v) is 5.25. The van der Waals surface area contributed by atoms with E-state index in [1.165, 1.54) is 4.90 Å². The normalized spacial score (nSPS) is 13.9. The van der Waals surface area contributed by atoms with E-state index in [-0.39, 0.29) is 25.1 Å². The molecule has 164 valence electrons. The molecule has 1 aliphatic carbocycles. The maximum atomic E-state index is 14.3. The van der Waals surface area contributed by atoms with Crippen molar-refractivity contribution in [3.63, 3.8) is 0 Å². The Labute approximate surface area is 176 Å². The molecular weight excluding hydrogens is 412 g/mol. The van der Waals surface area contributed by atoms with Crippen molar-refractivity contribution in [3.05, 3.63) is 59.1 Å². The highest BCUT2D eigenvalue weighted by Crippen LogP contribution is 2.32. The van der Waals surface area contributed by atoms with Crippen LogP contribution in [0.2, 0.25) is 0 Å². The third-order valence-electron chi connectivity index (χ3n) is 5.25. The summed E-state index contributed by atoms with van der Waals surface area (Å²) in [6, 6.07) is 3.64. The van der Waals surface area contributed by atoms with Crippen LogP contribution in [-0.2, 0) is 13.1 Å². The lowest BCUT2D eigenvalue weighted by Crippen LogP contribution is -2.36. The number of carbonyl (C=O) groups is 1. The summed E-state index contributed by atoms with van der Waals surface area (Å²) in [5.74, 6) is -6.83. The number of hydrogen-bond donors (Lipinski definition) is 0. The Morgan fingerprint density at radius 3 is 2.48 bits per heavy atom. The Morgan fingerprint density at radius 1 is 1.19 bits per heavy atom. The van der Waals surface area contributed by atoms with Gasteiger partial charge in [0.1, 0.15) is 16.9 Å². The Kier molecular flexibility index (Phi) is 5.68. The molecule has 0 saturated heterocycles. The molecule has 31 heavy (non-hydrogen) atoms. The molecule has 0 unspecified atom stereocenters. The fourth-order valence-electron chi connectivity index (χ4n) is 3.63. The first kappa shape index (κ1) is 21.3. The fraction of sp³-hybridized carbons (Fsp3) is 0.409. The number of aromatic nitrogens is 3. The van der Waals surface area contributed by atoms with E-state index >= 15 is 0 Å². The lowest BCUT2D eigenvalue weighted by atomic mass is 10.1. The summed E-state index contributed by atoms with van der Waals surface area (Å²) in [5.41, 5.74) is 0.0703. The van der Waals surface area contributed by atoms with Crippen LogP contribution < -0.4 is 0 Å². The van der Waals surface area contributed by atoms with E-state index in [2.05, 4.69) is 9.97 Å². The molecule has 0 bridgehead atoms. The average molecular weight is 434 g/mol. The van der Waals surface area contributed by atoms with E-state index in [1.54, 1.807) is 18.3 Å². The molecule has 5 nitrogen and oxygen atoms in total. The van der Waals surface area contributed by atoms with Gasteiger partial charge in [-0.2, -0.15) is 0 Å². The van der Waals surface area contributed by atoms with Crippen LogP contribution in [0, 0.1) is 35.1 Å². The lowest BCUT2D eigenvalue weighted by Gasteiger charge is -2.25. The highest BCUT2D eigenvalue weighted by molar-refractivity contribution is 5.95. The van der Waals surface area contributed by atoms with Gasteiger partial charge in [-0.15, -0.1) is 0 Å². The molecule has 0 atom stereocenters. The first-order valence-corrected chi connectivity index (χ1v) is 10.2. The van der Waals surface area contributed by atoms with Crippen molar-refractivity contribution >= 4 is 17.1 Å². The largest absolute Gasteiger partial charge is 0.331 e. The zero-order chi connectivity index (χ0) is 22.3. The van der Waals surface area contributed by atoms with Crippen molar-refractivity contribution in [3.8, 4) is 0 Å². The predicted molar refractivity (Wildman–Crippen MR) is 106 cm³/mol. The number of imidazole rings is 1. The molecule has 4 rings (SSSR count). The van der Waals surface area contributed by atoms with Crippen molar-refractivity contribution in [2.75, 3.05) is 6.54 Å². The van der Waals surface area contributed by atoms with E-state index < -0.39 is 34.7 Å². The molecule has 1 aliphatic rings. The van der Waals surface area contributed by atoms with Crippen LogP contribution in [0.4, 0.5) is 17.6 Å². The topological polar surface area (TPSA) is 51.0 Å². The maximum Gasteiger partial charge on any atom is 0.260 e. The van der Waals surface area contributed by atoms with Crippen LogP contribution >= 0.6 is 0 Å². The van der Waals surface area contributed by atoms with E-state index in [9.17, 15) is 22.4 Å². The molecule has 0 spiro atoms. The third kappa shape index (κ3) is 4.26. The molecule has 0 aliphatic heterocycles. The number of amides is 1. The molecule has 1 saturated carbocycles. The second kappa shape index (κ2) is 8.28. The van der Waals surface area contributed by atoms with Gasteiger partial charge in [0.25, 0.3) is 5.91 Å². The van der Waals surface area contributed by atoms with Crippen LogP contribution in [-0.4, -0.2) is 31.9 Å². The smallest absolute Gasteiger partial charge is 0.260 e. The Balaban J connectivity index is 1.74. The van der Waals surface area contributed by atoms with Gasteiger partial charge in [-0.3, -0.25) is 4.79 Å². The summed E-state index contributed by atoms with van der Waals surface area (Å²) >= 11 is 0. The SMILES string of the molecule is CC(C)CN(Cc1nc2cccnc2n1CC1CC1)C(=O)c1c(F)c(F)cc(F)c1F. The Morgan fingerprint density at radius 2 is 1.87 bits per heavy atom. The highest BCUT2D eigenvalue weighted by Gasteiger charge is 2.31. The van der Waals surface area contributed by atoms with Crippen molar-refractivity contribution < 1.29 is 22.4 Å². The molecule has 1 fully saturated rings. The first-order valence-electron chi connectivity index (χ1n) is 10.2. The van der Waals surface area contributed by atoms with E-state index in [1.807, 2.05) is 18.4 Å². The van der Waals surface area contributed by atoms with Gasteiger partial charge < -0.3 is 9.47 Å². The van der Waals surface area contributed by atoms with Crippen LogP contribution in [0.25, 0.3) is 11.2 Å². The standard InChI is InChI=1S/C22H22F4N4O/c1-12(2)9-29(22(31)18-19(25)14(23)8-15(24)20(18)26)11-17-28-16-4-3-7-27-21(16)30(17)10-13-5-6-13/h3-4,7-8,12-13H,5-6,9-11H2,1-2H3. The molecule has 1 aromatic carbocycles. The molecular formula is C22H22F4N4O. The maximum absolute atomic E-state index is 14.3. The second-order valence-electron chi connectivity index (χ2n) is 8.35. The molecule has 9 heteroatoms. The number of halogens is 4. The monoisotopic (exact) mass is 434 g/mol. The molecule has 3 aromatic rings. The minimum Gasteiger partial charge on any atom is -0.331 e. The number of fused-ring (bicyclic) bond motifs is 1. The second-order valence-corrected chi connectivity index (χ2v) is 8.35. The average Bonchev–Trinajstić information content (AvgIpc) is 3.47. The van der Waals surface area contributed by atoms with Crippen molar-refractivity contribution in [1.82, 2.24) is 19.4 Å². The van der Waals surface area contributed by atoms with Gasteiger partial charge in [-0.05, 0) is 36.8 Å². The Bertz CT molecular complexity index is 1110. The molecule has 2 aromatic heterocycles. The van der Waals surface area contributed by atoms with Crippen LogP contribution in [0.1, 0.15) is 42.9 Å². The zero-order valence-corrected chi connectivity index (χ0v) is 17.2. The summed E-state index contributed by atoms with van der Waals surface area (Å²) in [4.78, 5) is 23.2. The summed E-state index contributed by atoms with van der Waals surface area (Å²) < 4.78 is 57.9. The quantitative estimate of drug-likeness (QED) is 0.400. The van der Waals surface area contributed by atoms with E-state index in [0.29, 0.717) is 29.5 Å². The van der Waals surface area contributed by atoms with Gasteiger partial charge in [-0.1, -0.05) is 13.8 Å². The number of hydrogen-bond acceptors (Lipinski definition) is 3. The van der Waals surface area contributed by atoms with Gasteiger partial charge in [-0.25, -0.2) is 27.5 Å². The van der Waals surface area contributed by atoms with Crippen LogP contribution in [0.5, 0.6) is 0 Å². The number of carbonyl (C=O) groups excluding carboxylic acids is 1. The van der Waals surface area contributed by atoms with Crippen LogP contribution in [0.3, 0.4) is 0 Å². The number of benzene rings is 1. The van der Waals surface area contributed by atoms with Crippen molar-refractivity contribution in [1.29, 1.82) is 0 Å². The summed E-state index contributed by atoms with van der Waals surface area (Å²) in [6.07, 6.45) is 3.81. The zero-order valence-electron chi connectivity index (χ0n) is 17.2. The minimum absolute atomic E-state index is 0.0622. The summed E-state index contributed by atoms with van der Waals surface area (Å²) in [7, 11) is 0. The Hall–Kier alpha value is -2.97. The summed E-state index contributed by atoms with van der Waals surface area (Å²) in [5, 5.41) is 0. The number of nitrogens with zero attached hydrogens (tertiary/aromatic N) is 4. The fourth-order valence-corrected chi connectivity index (χ4v) is 3.63. The first-order chi connectivity index (χ1) is 14.8. The van der Waals surface area contributed by atoms with Gasteiger partial charge in [0, 0.05) is 25.4 Å².